The van der Waals surface area contributed by atoms with Crippen molar-refractivity contribution in [3.8, 4) is 11.8 Å². The van der Waals surface area contributed by atoms with Gasteiger partial charge in [-0.2, -0.15) is 0 Å². The zero-order valence-electron chi connectivity index (χ0n) is 15.7. The van der Waals surface area contributed by atoms with Gasteiger partial charge in [-0.15, -0.1) is 0 Å². The lowest BCUT2D eigenvalue weighted by Crippen LogP contribution is -2.45. The van der Waals surface area contributed by atoms with E-state index in [4.69, 9.17) is 0 Å². The summed E-state index contributed by atoms with van der Waals surface area (Å²) in [5, 5.41) is 15.3. The summed E-state index contributed by atoms with van der Waals surface area (Å²) < 4.78 is 0. The second-order valence-corrected chi connectivity index (χ2v) is 6.87. The van der Waals surface area contributed by atoms with E-state index in [0.29, 0.717) is 12.0 Å². The summed E-state index contributed by atoms with van der Waals surface area (Å²) in [5.74, 6) is 5.45. The number of Topliss-reactive ketones (excluding diaryl/α,β-unsaturated/α-hetero) is 1. The van der Waals surface area contributed by atoms with Crippen LogP contribution in [-0.4, -0.2) is 42.0 Å². The molecule has 0 aromatic heterocycles. The van der Waals surface area contributed by atoms with Crippen LogP contribution in [0.4, 0.5) is 0 Å². The van der Waals surface area contributed by atoms with Crippen molar-refractivity contribution in [1.82, 2.24) is 10.6 Å². The number of rotatable bonds is 6. The number of carbonyl (C=O) groups is 2. The molecule has 5 heteroatoms. The minimum Gasteiger partial charge on any atom is -0.389 e. The molecular weight excluding hydrogens is 352 g/mol. The first-order valence-corrected chi connectivity index (χ1v) is 9.50. The molecule has 1 fully saturated rings. The Kier molecular flexibility index (Phi) is 6.96. The Labute approximate surface area is 165 Å². The van der Waals surface area contributed by atoms with E-state index in [-0.39, 0.29) is 17.7 Å². The third-order valence-electron chi connectivity index (χ3n) is 4.80. The second kappa shape index (κ2) is 9.84. The quantitative estimate of drug-likeness (QED) is 0.673. The molecule has 2 aromatic rings. The lowest BCUT2D eigenvalue weighted by molar-refractivity contribution is -0.123. The largest absolute Gasteiger partial charge is 0.389 e. The number of aliphatic hydroxyl groups excluding tert-OH is 1. The fraction of sp³-hybridized carbons (Fsp3) is 0.304. The first kappa shape index (κ1) is 19.8. The van der Waals surface area contributed by atoms with Crippen LogP contribution >= 0.6 is 0 Å². The molecule has 1 aliphatic heterocycles. The molecule has 0 radical (unpaired) electrons. The number of hydrogen-bond acceptors (Lipinski definition) is 4. The van der Waals surface area contributed by atoms with Gasteiger partial charge in [-0.1, -0.05) is 30.0 Å². The van der Waals surface area contributed by atoms with Gasteiger partial charge in [-0.25, -0.2) is 0 Å². The Morgan fingerprint density at radius 2 is 1.75 bits per heavy atom. The van der Waals surface area contributed by atoms with Crippen LogP contribution < -0.4 is 10.6 Å². The molecule has 1 aliphatic rings. The number of nitrogens with one attached hydrogen (secondary N) is 2. The van der Waals surface area contributed by atoms with Crippen molar-refractivity contribution in [2.75, 3.05) is 13.2 Å². The highest BCUT2D eigenvalue weighted by Crippen LogP contribution is 2.13. The van der Waals surface area contributed by atoms with Gasteiger partial charge in [-0.3, -0.25) is 9.59 Å². The summed E-state index contributed by atoms with van der Waals surface area (Å²) >= 11 is 0. The molecule has 2 aromatic carbocycles. The molecule has 2 atom stereocenters. The molecule has 0 spiro atoms. The molecular formula is C23H24N2O3. The lowest BCUT2D eigenvalue weighted by atomic mass is 10.0. The number of ketones is 1. The van der Waals surface area contributed by atoms with E-state index in [0.717, 1.165) is 30.5 Å². The maximum absolute atomic E-state index is 12.5. The molecule has 3 N–H and O–H groups in total. The van der Waals surface area contributed by atoms with Gasteiger partial charge in [0.1, 0.15) is 6.61 Å². The van der Waals surface area contributed by atoms with Crippen LogP contribution in [0, 0.1) is 11.8 Å². The Bertz CT molecular complexity index is 860. The van der Waals surface area contributed by atoms with Crippen LogP contribution in [0.3, 0.4) is 0 Å². The number of carbonyl (C=O) groups excluding carboxylic acids is 2. The van der Waals surface area contributed by atoms with E-state index in [2.05, 4.69) is 22.5 Å². The zero-order valence-corrected chi connectivity index (χ0v) is 15.7. The average molecular weight is 376 g/mol. The van der Waals surface area contributed by atoms with Crippen molar-refractivity contribution in [3.05, 3.63) is 71.3 Å². The number of hydrogen-bond donors (Lipinski definition) is 3. The van der Waals surface area contributed by atoms with Gasteiger partial charge < -0.3 is 15.7 Å². The molecule has 0 saturated carbocycles. The molecule has 1 amide bonds. The van der Waals surface area contributed by atoms with Gasteiger partial charge in [0.25, 0.3) is 5.91 Å². The third kappa shape index (κ3) is 5.53. The SMILES string of the molecule is O=C(N[C@@H](C[C@@H]1CCCN1)C(=O)CO)c1ccc(C#Cc2ccccc2)cc1. The first-order chi connectivity index (χ1) is 13.7. The number of benzene rings is 2. The van der Waals surface area contributed by atoms with Crippen molar-refractivity contribution in [2.45, 2.75) is 31.3 Å². The molecule has 28 heavy (non-hydrogen) atoms. The summed E-state index contributed by atoms with van der Waals surface area (Å²) in [6.07, 6.45) is 2.52. The summed E-state index contributed by atoms with van der Waals surface area (Å²) in [7, 11) is 0. The monoisotopic (exact) mass is 376 g/mol. The van der Waals surface area contributed by atoms with E-state index >= 15 is 0 Å². The predicted octanol–water partition coefficient (Wildman–Crippen LogP) is 1.89. The maximum Gasteiger partial charge on any atom is 0.251 e. The highest BCUT2D eigenvalue weighted by Gasteiger charge is 2.26. The summed E-state index contributed by atoms with van der Waals surface area (Å²) in [6.45, 7) is 0.343. The van der Waals surface area contributed by atoms with Crippen molar-refractivity contribution < 1.29 is 14.7 Å². The van der Waals surface area contributed by atoms with Gasteiger partial charge >= 0.3 is 0 Å². The second-order valence-electron chi connectivity index (χ2n) is 6.87. The van der Waals surface area contributed by atoms with Crippen molar-refractivity contribution in [2.24, 2.45) is 0 Å². The van der Waals surface area contributed by atoms with Gasteiger partial charge in [0.15, 0.2) is 5.78 Å². The van der Waals surface area contributed by atoms with Crippen molar-refractivity contribution in [3.63, 3.8) is 0 Å². The molecule has 5 nitrogen and oxygen atoms in total. The van der Waals surface area contributed by atoms with E-state index in [1.807, 2.05) is 30.3 Å². The van der Waals surface area contributed by atoms with Gasteiger partial charge in [0.2, 0.25) is 0 Å². The lowest BCUT2D eigenvalue weighted by Gasteiger charge is -2.20. The minimum atomic E-state index is -0.689. The molecule has 0 unspecified atom stereocenters. The Morgan fingerprint density at radius 1 is 1.07 bits per heavy atom. The van der Waals surface area contributed by atoms with E-state index < -0.39 is 12.6 Å². The molecule has 1 saturated heterocycles. The summed E-state index contributed by atoms with van der Waals surface area (Å²) in [6, 6.07) is 16.1. The van der Waals surface area contributed by atoms with Crippen LogP contribution in [0.25, 0.3) is 0 Å². The standard InChI is InChI=1S/C23H24N2O3/c26-16-22(27)21(15-20-7-4-14-24-20)25-23(28)19-12-10-18(11-13-19)9-8-17-5-2-1-3-6-17/h1-3,5-6,10-13,20-21,24,26H,4,7,14-16H2,(H,25,28)/t20-,21-/m0/s1. The number of aliphatic hydroxyl groups is 1. The zero-order chi connectivity index (χ0) is 19.8. The van der Waals surface area contributed by atoms with Crippen LogP contribution in [0.2, 0.25) is 0 Å². The Balaban J connectivity index is 1.64. The first-order valence-electron chi connectivity index (χ1n) is 9.50. The van der Waals surface area contributed by atoms with E-state index in [1.54, 1.807) is 24.3 Å². The van der Waals surface area contributed by atoms with Crippen LogP contribution in [-0.2, 0) is 4.79 Å². The van der Waals surface area contributed by atoms with Gasteiger partial charge in [-0.05, 0) is 62.2 Å². The van der Waals surface area contributed by atoms with Crippen LogP contribution in [0.1, 0.15) is 40.7 Å². The maximum atomic E-state index is 12.5. The molecule has 0 bridgehead atoms. The Hall–Kier alpha value is -2.94. The third-order valence-corrected chi connectivity index (χ3v) is 4.80. The average Bonchev–Trinajstić information content (AvgIpc) is 3.25. The van der Waals surface area contributed by atoms with Crippen LogP contribution in [0.15, 0.2) is 54.6 Å². The summed E-state index contributed by atoms with van der Waals surface area (Å²) in [5.41, 5.74) is 2.19. The predicted molar refractivity (Wildman–Crippen MR) is 108 cm³/mol. The van der Waals surface area contributed by atoms with Crippen molar-refractivity contribution in [1.29, 1.82) is 0 Å². The molecule has 1 heterocycles. The minimum absolute atomic E-state index is 0.191. The van der Waals surface area contributed by atoms with E-state index in [1.165, 1.54) is 0 Å². The highest BCUT2D eigenvalue weighted by atomic mass is 16.3. The fourth-order valence-corrected chi connectivity index (χ4v) is 3.24. The highest BCUT2D eigenvalue weighted by molar-refractivity contribution is 5.98. The Morgan fingerprint density at radius 3 is 2.36 bits per heavy atom. The van der Waals surface area contributed by atoms with Crippen LogP contribution in [0.5, 0.6) is 0 Å². The molecule has 0 aliphatic carbocycles. The molecule has 3 rings (SSSR count). The molecule has 144 valence electrons. The van der Waals surface area contributed by atoms with E-state index in [9.17, 15) is 14.7 Å². The van der Waals surface area contributed by atoms with Gasteiger partial charge in [0.05, 0.1) is 6.04 Å². The smallest absolute Gasteiger partial charge is 0.251 e. The van der Waals surface area contributed by atoms with Crippen molar-refractivity contribution >= 4 is 11.7 Å². The normalized spacial score (nSPS) is 16.7. The topological polar surface area (TPSA) is 78.4 Å². The van der Waals surface area contributed by atoms with Gasteiger partial charge in [0, 0.05) is 22.7 Å². The summed E-state index contributed by atoms with van der Waals surface area (Å²) in [4.78, 5) is 24.6. The number of amides is 1. The fourth-order valence-electron chi connectivity index (χ4n) is 3.24.